The smallest absolute Gasteiger partial charge is 0.172 e. The molecule has 70 valence electrons. The zero-order valence-corrected chi connectivity index (χ0v) is 7.94. The van der Waals surface area contributed by atoms with Crippen LogP contribution < -0.4 is 0 Å². The maximum absolute atomic E-state index is 13.2. The number of halogens is 1. The fourth-order valence-electron chi connectivity index (χ4n) is 1.36. The van der Waals surface area contributed by atoms with Crippen LogP contribution in [-0.2, 0) is 6.42 Å². The number of hydrogen-bond donors (Lipinski definition) is 1. The average molecular weight is 207 g/mol. The Balaban J connectivity index is 2.75. The zero-order valence-electron chi connectivity index (χ0n) is 7.12. The van der Waals surface area contributed by atoms with Crippen molar-refractivity contribution in [2.75, 3.05) is 0 Å². The molecule has 2 aromatic rings. The number of rotatable bonds is 1. The van der Waals surface area contributed by atoms with Crippen molar-refractivity contribution in [2.24, 2.45) is 0 Å². The van der Waals surface area contributed by atoms with E-state index in [-0.39, 0.29) is 17.3 Å². The summed E-state index contributed by atoms with van der Waals surface area (Å²) in [4.78, 5) is 0. The van der Waals surface area contributed by atoms with Crippen molar-refractivity contribution < 1.29 is 9.50 Å². The van der Waals surface area contributed by atoms with E-state index < -0.39 is 0 Å². The molecule has 0 aliphatic carbocycles. The maximum atomic E-state index is 13.2. The summed E-state index contributed by atoms with van der Waals surface area (Å²) in [7, 11) is 0. The van der Waals surface area contributed by atoms with Crippen LogP contribution in [0.4, 0.5) is 4.39 Å². The highest BCUT2D eigenvalue weighted by atomic mass is 32.1. The predicted octanol–water partition coefficient (Wildman–Crippen LogP) is 2.81. The molecule has 0 saturated carbocycles. The van der Waals surface area contributed by atoms with Crippen LogP contribution in [0.15, 0.2) is 18.2 Å². The minimum absolute atomic E-state index is 0.0734. The average Bonchev–Trinajstić information content (AvgIpc) is 2.53. The van der Waals surface area contributed by atoms with E-state index in [0.29, 0.717) is 10.1 Å². The molecule has 0 unspecified atom stereocenters. The summed E-state index contributed by atoms with van der Waals surface area (Å²) in [6.45, 7) is 0. The second-order valence-corrected chi connectivity index (χ2v) is 3.90. The van der Waals surface area contributed by atoms with Crippen LogP contribution in [0.25, 0.3) is 10.1 Å². The van der Waals surface area contributed by atoms with Gasteiger partial charge in [-0.2, -0.15) is 5.26 Å². The van der Waals surface area contributed by atoms with Gasteiger partial charge in [0.25, 0.3) is 0 Å². The van der Waals surface area contributed by atoms with Gasteiger partial charge in [0.2, 0.25) is 0 Å². The Labute approximate surface area is 83.8 Å². The van der Waals surface area contributed by atoms with Gasteiger partial charge in [0, 0.05) is 16.2 Å². The molecule has 0 saturated heterocycles. The van der Waals surface area contributed by atoms with Crippen molar-refractivity contribution in [1.82, 2.24) is 0 Å². The minimum atomic E-state index is -0.363. The van der Waals surface area contributed by atoms with Crippen molar-refractivity contribution in [3.05, 3.63) is 29.6 Å². The lowest BCUT2D eigenvalue weighted by atomic mass is 10.1. The summed E-state index contributed by atoms with van der Waals surface area (Å²) >= 11 is 1.10. The van der Waals surface area contributed by atoms with Gasteiger partial charge in [-0.3, -0.25) is 0 Å². The number of thiophene rings is 1. The maximum Gasteiger partial charge on any atom is 0.172 e. The highest BCUT2D eigenvalue weighted by Gasteiger charge is 2.09. The predicted molar refractivity (Wildman–Crippen MR) is 52.8 cm³/mol. The summed E-state index contributed by atoms with van der Waals surface area (Å²) in [5, 5.41) is 18.3. The van der Waals surface area contributed by atoms with Gasteiger partial charge >= 0.3 is 0 Å². The highest BCUT2D eigenvalue weighted by molar-refractivity contribution is 7.20. The van der Waals surface area contributed by atoms with Crippen molar-refractivity contribution >= 4 is 21.4 Å². The molecule has 0 fully saturated rings. The van der Waals surface area contributed by atoms with Crippen LogP contribution in [0, 0.1) is 17.1 Å². The molecular weight excluding hydrogens is 201 g/mol. The quantitative estimate of drug-likeness (QED) is 0.781. The number of aromatic hydroxyl groups is 1. The molecule has 1 aromatic heterocycles. The molecule has 1 N–H and O–H groups in total. The van der Waals surface area contributed by atoms with E-state index >= 15 is 0 Å². The minimum Gasteiger partial charge on any atom is -0.499 e. The van der Waals surface area contributed by atoms with Gasteiger partial charge in [0.15, 0.2) is 5.06 Å². The topological polar surface area (TPSA) is 44.0 Å². The summed E-state index contributed by atoms with van der Waals surface area (Å²) in [5.74, 6) is -0.363. The first-order valence-corrected chi connectivity index (χ1v) is 4.81. The molecule has 2 rings (SSSR count). The van der Waals surface area contributed by atoms with E-state index in [1.165, 1.54) is 12.1 Å². The number of nitriles is 1. The highest BCUT2D eigenvalue weighted by Crippen LogP contribution is 2.34. The summed E-state index contributed by atoms with van der Waals surface area (Å²) in [6.07, 6.45) is 0.233. The summed E-state index contributed by atoms with van der Waals surface area (Å²) in [6, 6.07) is 6.29. The molecule has 0 bridgehead atoms. The molecule has 0 radical (unpaired) electrons. The third kappa shape index (κ3) is 1.32. The first-order valence-electron chi connectivity index (χ1n) is 3.99. The monoisotopic (exact) mass is 207 g/mol. The Kier molecular flexibility index (Phi) is 2.10. The Morgan fingerprint density at radius 2 is 2.29 bits per heavy atom. The van der Waals surface area contributed by atoms with Crippen LogP contribution in [0.5, 0.6) is 5.06 Å². The van der Waals surface area contributed by atoms with Gasteiger partial charge in [-0.1, -0.05) is 17.4 Å². The third-order valence-corrected chi connectivity index (χ3v) is 2.98. The first-order chi connectivity index (χ1) is 6.72. The Bertz CT molecular complexity index is 527. The van der Waals surface area contributed by atoms with Crippen LogP contribution in [0.2, 0.25) is 0 Å². The molecule has 0 aliphatic heterocycles. The fourth-order valence-corrected chi connectivity index (χ4v) is 2.28. The molecule has 1 heterocycles. The third-order valence-electron chi connectivity index (χ3n) is 1.97. The van der Waals surface area contributed by atoms with Gasteiger partial charge in [0.1, 0.15) is 5.82 Å². The molecule has 1 aromatic carbocycles. The van der Waals surface area contributed by atoms with Crippen molar-refractivity contribution in [3.8, 4) is 11.1 Å². The van der Waals surface area contributed by atoms with Crippen LogP contribution in [0.1, 0.15) is 5.56 Å². The van der Waals surface area contributed by atoms with Gasteiger partial charge in [-0.25, -0.2) is 4.39 Å². The van der Waals surface area contributed by atoms with E-state index in [4.69, 9.17) is 5.26 Å². The lowest BCUT2D eigenvalue weighted by Gasteiger charge is -1.97. The molecule has 0 atom stereocenters. The van der Waals surface area contributed by atoms with Gasteiger partial charge in [-0.05, 0) is 11.6 Å². The summed E-state index contributed by atoms with van der Waals surface area (Å²) < 4.78 is 13.9. The van der Waals surface area contributed by atoms with Crippen molar-refractivity contribution in [3.63, 3.8) is 0 Å². The van der Waals surface area contributed by atoms with E-state index in [0.717, 1.165) is 16.9 Å². The first kappa shape index (κ1) is 8.97. The van der Waals surface area contributed by atoms with Gasteiger partial charge in [-0.15, -0.1) is 0 Å². The van der Waals surface area contributed by atoms with Crippen LogP contribution >= 0.6 is 11.3 Å². The standard InChI is InChI=1S/C10H6FNOS/c11-8-2-1-6(3-4-12)10-7(8)5-9(13)14-10/h1-2,5,13H,3H2. The lowest BCUT2D eigenvalue weighted by Crippen LogP contribution is -1.83. The fraction of sp³-hybridized carbons (Fsp3) is 0.100. The Hall–Kier alpha value is -1.60. The molecule has 14 heavy (non-hydrogen) atoms. The molecule has 0 spiro atoms. The zero-order chi connectivity index (χ0) is 10.1. The molecule has 2 nitrogen and oxygen atoms in total. The molecule has 4 heteroatoms. The number of nitrogens with zero attached hydrogens (tertiary/aromatic N) is 1. The second kappa shape index (κ2) is 3.28. The molecule has 0 amide bonds. The van der Waals surface area contributed by atoms with Crippen molar-refractivity contribution in [2.45, 2.75) is 6.42 Å². The Morgan fingerprint density at radius 1 is 1.50 bits per heavy atom. The van der Waals surface area contributed by atoms with Gasteiger partial charge in [0.05, 0.1) is 12.5 Å². The summed E-state index contributed by atoms with van der Waals surface area (Å²) in [5.41, 5.74) is 0.759. The Morgan fingerprint density at radius 3 is 3.00 bits per heavy atom. The van der Waals surface area contributed by atoms with E-state index in [2.05, 4.69) is 0 Å². The number of hydrogen-bond acceptors (Lipinski definition) is 3. The second-order valence-electron chi connectivity index (χ2n) is 2.87. The van der Waals surface area contributed by atoms with E-state index in [1.54, 1.807) is 6.07 Å². The number of fused-ring (bicyclic) bond motifs is 1. The normalized spacial score (nSPS) is 10.3. The van der Waals surface area contributed by atoms with Crippen LogP contribution in [0.3, 0.4) is 0 Å². The lowest BCUT2D eigenvalue weighted by molar-refractivity contribution is 0.491. The van der Waals surface area contributed by atoms with Crippen molar-refractivity contribution in [1.29, 1.82) is 5.26 Å². The number of benzene rings is 1. The largest absolute Gasteiger partial charge is 0.499 e. The van der Waals surface area contributed by atoms with Gasteiger partial charge < -0.3 is 5.11 Å². The van der Waals surface area contributed by atoms with E-state index in [1.807, 2.05) is 6.07 Å². The van der Waals surface area contributed by atoms with Crippen LogP contribution in [-0.4, -0.2) is 5.11 Å². The molecule has 0 aliphatic rings. The SMILES string of the molecule is N#CCc1ccc(F)c2cc(O)sc12. The van der Waals surface area contributed by atoms with E-state index in [9.17, 15) is 9.50 Å². The molecular formula is C10H6FNOS.